The number of hydrogen-bond donors (Lipinski definition) is 0. The van der Waals surface area contributed by atoms with Gasteiger partial charge in [-0.15, -0.1) is 0 Å². The number of rotatable bonds is 5. The van der Waals surface area contributed by atoms with Crippen molar-refractivity contribution in [2.75, 3.05) is 12.8 Å². The Morgan fingerprint density at radius 1 is 1.21 bits per heavy atom. The van der Waals surface area contributed by atoms with Crippen LogP contribution in [0.4, 0.5) is 4.39 Å². The first kappa shape index (κ1) is 19.0. The summed E-state index contributed by atoms with van der Waals surface area (Å²) in [5.74, 6) is 0.301. The van der Waals surface area contributed by atoms with Crippen LogP contribution in [0, 0.1) is 5.82 Å². The molecule has 1 aromatic carbocycles. The molecule has 3 aromatic rings. The highest BCUT2D eigenvalue weighted by atomic mass is 32.2. The zero-order valence-electron chi connectivity index (χ0n) is 15.8. The monoisotopic (exact) mass is 402 g/mol. The second-order valence-corrected chi connectivity index (χ2v) is 9.20. The molecule has 0 spiro atoms. The van der Waals surface area contributed by atoms with Crippen LogP contribution in [0.25, 0.3) is 22.4 Å². The lowest BCUT2D eigenvalue weighted by atomic mass is 10.0. The lowest BCUT2D eigenvalue weighted by Gasteiger charge is -2.33. The zero-order valence-corrected chi connectivity index (χ0v) is 16.6. The Morgan fingerprint density at radius 2 is 2.07 bits per heavy atom. The molecule has 2 aromatic heterocycles. The van der Waals surface area contributed by atoms with E-state index in [2.05, 4.69) is 9.97 Å². The molecule has 1 fully saturated rings. The second kappa shape index (κ2) is 7.60. The molecule has 3 heterocycles. The lowest BCUT2D eigenvalue weighted by Crippen LogP contribution is -2.43. The van der Waals surface area contributed by atoms with Crippen LogP contribution >= 0.6 is 0 Å². The first-order valence-electron chi connectivity index (χ1n) is 9.47. The quantitative estimate of drug-likeness (QED) is 0.656. The molecule has 1 unspecified atom stereocenters. The average molecular weight is 402 g/mol. The minimum atomic E-state index is -3.20. The van der Waals surface area contributed by atoms with Crippen molar-refractivity contribution < 1.29 is 12.8 Å². The third kappa shape index (κ3) is 3.79. The van der Waals surface area contributed by atoms with Crippen LogP contribution in [-0.2, 0) is 16.6 Å². The van der Waals surface area contributed by atoms with Crippen molar-refractivity contribution >= 4 is 20.9 Å². The van der Waals surface area contributed by atoms with Gasteiger partial charge >= 0.3 is 0 Å². The number of nitrogens with zero attached hydrogens (tertiary/aromatic N) is 4. The number of piperidine rings is 1. The predicted octanol–water partition coefficient (Wildman–Crippen LogP) is 3.44. The zero-order chi connectivity index (χ0) is 19.7. The van der Waals surface area contributed by atoms with Crippen molar-refractivity contribution in [3.8, 4) is 11.5 Å². The Bertz CT molecular complexity index is 1100. The molecule has 8 heteroatoms. The van der Waals surface area contributed by atoms with Crippen molar-refractivity contribution in [1.82, 2.24) is 18.8 Å². The van der Waals surface area contributed by atoms with Gasteiger partial charge in [0.2, 0.25) is 10.0 Å². The summed E-state index contributed by atoms with van der Waals surface area (Å²) in [5.41, 5.74) is 0.927. The Labute approximate surface area is 164 Å². The van der Waals surface area contributed by atoms with Crippen molar-refractivity contribution in [2.24, 2.45) is 0 Å². The minimum absolute atomic E-state index is 0.000933. The topological polar surface area (TPSA) is 68.1 Å². The summed E-state index contributed by atoms with van der Waals surface area (Å²) in [7, 11) is -3.20. The lowest BCUT2D eigenvalue weighted by molar-refractivity contribution is 0.235. The molecule has 4 rings (SSSR count). The van der Waals surface area contributed by atoms with Gasteiger partial charge < -0.3 is 4.57 Å². The van der Waals surface area contributed by atoms with Gasteiger partial charge in [-0.1, -0.05) is 24.6 Å². The van der Waals surface area contributed by atoms with Crippen molar-refractivity contribution in [3.05, 3.63) is 48.5 Å². The van der Waals surface area contributed by atoms with E-state index < -0.39 is 10.0 Å². The molecule has 1 saturated heterocycles. The van der Waals surface area contributed by atoms with Gasteiger partial charge in [-0.25, -0.2) is 22.8 Å². The van der Waals surface area contributed by atoms with Gasteiger partial charge in [-0.2, -0.15) is 4.31 Å². The summed E-state index contributed by atoms with van der Waals surface area (Å²) in [5, 5.41) is 0.743. The van der Waals surface area contributed by atoms with Gasteiger partial charge in [0.05, 0.1) is 6.26 Å². The van der Waals surface area contributed by atoms with Crippen LogP contribution < -0.4 is 0 Å². The Hall–Kier alpha value is -2.32. The van der Waals surface area contributed by atoms with Crippen LogP contribution in [0.2, 0.25) is 0 Å². The summed E-state index contributed by atoms with van der Waals surface area (Å²) >= 11 is 0. The van der Waals surface area contributed by atoms with E-state index in [0.29, 0.717) is 36.5 Å². The first-order chi connectivity index (χ1) is 13.4. The van der Waals surface area contributed by atoms with E-state index in [1.807, 2.05) is 29.0 Å². The molecule has 0 saturated carbocycles. The number of benzene rings is 1. The van der Waals surface area contributed by atoms with Crippen molar-refractivity contribution in [1.29, 1.82) is 0 Å². The molecular weight excluding hydrogens is 379 g/mol. The van der Waals surface area contributed by atoms with Crippen molar-refractivity contribution in [2.45, 2.75) is 38.3 Å². The number of fused-ring (bicyclic) bond motifs is 1. The standard InChI is InChI=1S/C20H23FN4O2S/c1-28(26,27)25-12-3-2-6-16(25)10-13-24-14-11-22-20(24)18-9-8-15-5-4-7-17(21)19(15)23-18/h4-5,7-9,11,14,16H,2-3,6,10,12-13H2,1H3. The number of hydrogen-bond acceptors (Lipinski definition) is 4. The number of imidazole rings is 1. The van der Waals surface area contributed by atoms with Gasteiger partial charge in [0, 0.05) is 36.9 Å². The van der Waals surface area contributed by atoms with E-state index in [4.69, 9.17) is 0 Å². The SMILES string of the molecule is CS(=O)(=O)N1CCCCC1CCn1ccnc1-c1ccc2cccc(F)c2n1. The van der Waals surface area contributed by atoms with Crippen LogP contribution in [-0.4, -0.2) is 46.1 Å². The normalized spacial score (nSPS) is 18.6. The molecule has 28 heavy (non-hydrogen) atoms. The third-order valence-corrected chi connectivity index (χ3v) is 6.65. The molecule has 0 amide bonds. The molecule has 0 aliphatic carbocycles. The van der Waals surface area contributed by atoms with E-state index >= 15 is 0 Å². The van der Waals surface area contributed by atoms with Gasteiger partial charge in [0.15, 0.2) is 5.82 Å². The summed E-state index contributed by atoms with van der Waals surface area (Å²) < 4.78 is 41.8. The Kier molecular flexibility index (Phi) is 5.16. The van der Waals surface area contributed by atoms with Gasteiger partial charge in [0.25, 0.3) is 0 Å². The molecule has 0 bridgehead atoms. The summed E-state index contributed by atoms with van der Waals surface area (Å²) in [6, 6.07) is 8.56. The van der Waals surface area contributed by atoms with E-state index in [-0.39, 0.29) is 11.9 Å². The van der Waals surface area contributed by atoms with Crippen LogP contribution in [0.5, 0.6) is 0 Å². The van der Waals surface area contributed by atoms with Crippen LogP contribution in [0.15, 0.2) is 42.7 Å². The van der Waals surface area contributed by atoms with E-state index in [9.17, 15) is 12.8 Å². The highest BCUT2D eigenvalue weighted by Crippen LogP contribution is 2.25. The highest BCUT2D eigenvalue weighted by molar-refractivity contribution is 7.88. The van der Waals surface area contributed by atoms with E-state index in [0.717, 1.165) is 24.6 Å². The molecular formula is C20H23FN4O2S. The maximum atomic E-state index is 14.1. The number of pyridine rings is 1. The molecule has 1 atom stereocenters. The predicted molar refractivity (Wildman–Crippen MR) is 107 cm³/mol. The summed E-state index contributed by atoms with van der Waals surface area (Å²) in [6.45, 7) is 1.22. The van der Waals surface area contributed by atoms with Gasteiger partial charge in [-0.3, -0.25) is 0 Å². The molecule has 0 N–H and O–H groups in total. The minimum Gasteiger partial charge on any atom is -0.330 e. The largest absolute Gasteiger partial charge is 0.330 e. The van der Waals surface area contributed by atoms with E-state index in [1.54, 1.807) is 16.6 Å². The van der Waals surface area contributed by atoms with Gasteiger partial charge in [0.1, 0.15) is 17.0 Å². The number of sulfonamides is 1. The summed E-state index contributed by atoms with van der Waals surface area (Å²) in [4.78, 5) is 8.86. The molecule has 6 nitrogen and oxygen atoms in total. The number of aromatic nitrogens is 3. The maximum Gasteiger partial charge on any atom is 0.211 e. The Balaban J connectivity index is 1.57. The molecule has 1 aliphatic heterocycles. The third-order valence-electron chi connectivity index (χ3n) is 5.32. The number of para-hydroxylation sites is 1. The molecule has 0 radical (unpaired) electrons. The van der Waals surface area contributed by atoms with E-state index in [1.165, 1.54) is 12.3 Å². The average Bonchev–Trinajstić information content (AvgIpc) is 3.14. The molecule has 1 aliphatic rings. The Morgan fingerprint density at radius 3 is 2.89 bits per heavy atom. The summed E-state index contributed by atoms with van der Waals surface area (Å²) in [6.07, 6.45) is 8.36. The highest BCUT2D eigenvalue weighted by Gasteiger charge is 2.29. The molecule has 148 valence electrons. The fraction of sp³-hybridized carbons (Fsp3) is 0.400. The fourth-order valence-corrected chi connectivity index (χ4v) is 5.16. The number of halogens is 1. The smallest absolute Gasteiger partial charge is 0.211 e. The van der Waals surface area contributed by atoms with Crippen LogP contribution in [0.1, 0.15) is 25.7 Å². The van der Waals surface area contributed by atoms with Gasteiger partial charge in [-0.05, 0) is 31.4 Å². The fourth-order valence-electron chi connectivity index (χ4n) is 3.95. The van der Waals surface area contributed by atoms with Crippen LogP contribution in [0.3, 0.4) is 0 Å². The first-order valence-corrected chi connectivity index (χ1v) is 11.3. The van der Waals surface area contributed by atoms with Crippen molar-refractivity contribution in [3.63, 3.8) is 0 Å². The maximum absolute atomic E-state index is 14.1. The number of aryl methyl sites for hydroxylation is 1. The second-order valence-electron chi connectivity index (χ2n) is 7.26.